The first-order valence-corrected chi connectivity index (χ1v) is 6.98. The molecule has 1 fully saturated rings. The van der Waals surface area contributed by atoms with Crippen LogP contribution in [0.3, 0.4) is 0 Å². The topological polar surface area (TPSA) is 17.8 Å². The largest absolute Gasteiger partial charge is 0.416 e. The Balaban J connectivity index is 2.09. The maximum atomic E-state index is 12.7. The Kier molecular flexibility index (Phi) is 3.01. The molecule has 0 unspecified atom stereocenters. The molecule has 0 atom stereocenters. The summed E-state index contributed by atoms with van der Waals surface area (Å²) in [6.07, 6.45) is -2.08. The first kappa shape index (κ1) is 13.7. The van der Waals surface area contributed by atoms with E-state index < -0.39 is 11.7 Å². The van der Waals surface area contributed by atoms with Crippen LogP contribution >= 0.6 is 11.6 Å². The highest BCUT2D eigenvalue weighted by molar-refractivity contribution is 6.16. The molecule has 1 aromatic carbocycles. The van der Waals surface area contributed by atoms with Gasteiger partial charge in [0.2, 0.25) is 0 Å². The number of rotatable bonds is 3. The number of imidazole rings is 1. The molecule has 0 spiro atoms. The van der Waals surface area contributed by atoms with Crippen LogP contribution in [0.4, 0.5) is 13.2 Å². The summed E-state index contributed by atoms with van der Waals surface area (Å²) in [6, 6.07) is 3.69. The van der Waals surface area contributed by atoms with Crippen molar-refractivity contribution >= 4 is 22.6 Å². The van der Waals surface area contributed by atoms with Gasteiger partial charge in [-0.1, -0.05) is 6.92 Å². The highest BCUT2D eigenvalue weighted by Crippen LogP contribution is 2.47. The van der Waals surface area contributed by atoms with Gasteiger partial charge in [-0.2, -0.15) is 13.2 Å². The summed E-state index contributed by atoms with van der Waals surface area (Å²) < 4.78 is 40.1. The molecule has 6 heteroatoms. The van der Waals surface area contributed by atoms with Crippen molar-refractivity contribution in [2.24, 2.45) is 5.41 Å². The number of benzene rings is 1. The number of hydrogen-bond acceptors (Lipinski definition) is 1. The van der Waals surface area contributed by atoms with Gasteiger partial charge in [-0.25, -0.2) is 4.98 Å². The fourth-order valence-electron chi connectivity index (χ4n) is 2.39. The van der Waals surface area contributed by atoms with E-state index in [1.165, 1.54) is 6.07 Å². The van der Waals surface area contributed by atoms with Crippen LogP contribution in [-0.2, 0) is 18.6 Å². The highest BCUT2D eigenvalue weighted by Gasteiger charge is 2.38. The molecule has 0 saturated heterocycles. The number of nitrogens with zero attached hydrogens (tertiary/aromatic N) is 2. The second-order valence-corrected chi connectivity index (χ2v) is 6.03. The fourth-order valence-corrected chi connectivity index (χ4v) is 2.59. The van der Waals surface area contributed by atoms with Crippen molar-refractivity contribution in [2.75, 3.05) is 0 Å². The van der Waals surface area contributed by atoms with Gasteiger partial charge in [0.05, 0.1) is 22.5 Å². The van der Waals surface area contributed by atoms with Crippen LogP contribution < -0.4 is 0 Å². The second kappa shape index (κ2) is 4.38. The molecule has 1 aliphatic rings. The third-order valence-corrected chi connectivity index (χ3v) is 4.16. The molecule has 1 aromatic heterocycles. The average molecular weight is 303 g/mol. The van der Waals surface area contributed by atoms with Gasteiger partial charge in [0.25, 0.3) is 0 Å². The fraction of sp³-hybridized carbons (Fsp3) is 0.500. The molecule has 108 valence electrons. The molecule has 1 heterocycles. The van der Waals surface area contributed by atoms with E-state index in [4.69, 9.17) is 11.6 Å². The molecule has 3 rings (SSSR count). The lowest BCUT2D eigenvalue weighted by Gasteiger charge is -2.13. The van der Waals surface area contributed by atoms with E-state index >= 15 is 0 Å². The molecule has 0 amide bonds. The van der Waals surface area contributed by atoms with Crippen molar-refractivity contribution in [1.29, 1.82) is 0 Å². The molecule has 0 N–H and O–H groups in total. The zero-order valence-corrected chi connectivity index (χ0v) is 11.7. The second-order valence-electron chi connectivity index (χ2n) is 5.76. The molecule has 0 aliphatic heterocycles. The zero-order valence-electron chi connectivity index (χ0n) is 11.0. The monoisotopic (exact) mass is 302 g/mol. The maximum Gasteiger partial charge on any atom is 0.416 e. The molecule has 0 radical (unpaired) electrons. The Labute approximate surface area is 119 Å². The molecule has 1 aliphatic carbocycles. The Morgan fingerprint density at radius 3 is 2.60 bits per heavy atom. The highest BCUT2D eigenvalue weighted by atomic mass is 35.5. The lowest BCUT2D eigenvalue weighted by atomic mass is 10.1. The summed E-state index contributed by atoms with van der Waals surface area (Å²) in [5.41, 5.74) is 0.645. The van der Waals surface area contributed by atoms with Crippen LogP contribution in [0.15, 0.2) is 18.2 Å². The first-order chi connectivity index (χ1) is 9.32. The maximum absolute atomic E-state index is 12.7. The van der Waals surface area contributed by atoms with E-state index in [1.54, 1.807) is 0 Å². The molecule has 1 saturated carbocycles. The van der Waals surface area contributed by atoms with Gasteiger partial charge >= 0.3 is 6.18 Å². The van der Waals surface area contributed by atoms with Crippen molar-refractivity contribution in [3.8, 4) is 0 Å². The summed E-state index contributed by atoms with van der Waals surface area (Å²) >= 11 is 5.88. The Morgan fingerprint density at radius 1 is 1.35 bits per heavy atom. The van der Waals surface area contributed by atoms with E-state index in [9.17, 15) is 13.2 Å². The van der Waals surface area contributed by atoms with Gasteiger partial charge in [0, 0.05) is 6.54 Å². The van der Waals surface area contributed by atoms with Gasteiger partial charge in [-0.05, 0) is 36.5 Å². The lowest BCUT2D eigenvalue weighted by molar-refractivity contribution is -0.137. The van der Waals surface area contributed by atoms with Crippen LogP contribution in [0.1, 0.15) is 31.2 Å². The van der Waals surface area contributed by atoms with Crippen molar-refractivity contribution in [3.05, 3.63) is 29.6 Å². The van der Waals surface area contributed by atoms with Crippen molar-refractivity contribution in [2.45, 2.75) is 38.4 Å². The Hall–Kier alpha value is -1.23. The van der Waals surface area contributed by atoms with E-state index in [1.807, 2.05) is 4.57 Å². The minimum absolute atomic E-state index is 0.201. The van der Waals surface area contributed by atoms with Gasteiger partial charge in [-0.15, -0.1) is 11.6 Å². The average Bonchev–Trinajstić information content (AvgIpc) is 2.99. The summed E-state index contributed by atoms with van der Waals surface area (Å²) in [5.74, 6) is 0.834. The Morgan fingerprint density at radius 2 is 2.05 bits per heavy atom. The van der Waals surface area contributed by atoms with Crippen LogP contribution in [0.5, 0.6) is 0 Å². The summed E-state index contributed by atoms with van der Waals surface area (Å²) in [7, 11) is 0. The molecular formula is C14H14ClF3N2. The van der Waals surface area contributed by atoms with Crippen LogP contribution in [0, 0.1) is 5.41 Å². The minimum Gasteiger partial charge on any atom is -0.326 e. The number of hydrogen-bond donors (Lipinski definition) is 0. The smallest absolute Gasteiger partial charge is 0.326 e. The lowest BCUT2D eigenvalue weighted by Crippen LogP contribution is -2.10. The van der Waals surface area contributed by atoms with Crippen LogP contribution in [0.2, 0.25) is 0 Å². The standard InChI is InChI=1S/C14H14ClF3N2/c1-13(4-5-13)8-20-11-3-2-9(14(16,17)18)6-10(11)19-12(20)7-15/h2-3,6H,4-5,7-8H2,1H3. The van der Waals surface area contributed by atoms with E-state index in [-0.39, 0.29) is 11.3 Å². The third-order valence-electron chi connectivity index (χ3n) is 3.92. The number of halogens is 4. The quantitative estimate of drug-likeness (QED) is 0.758. The number of aromatic nitrogens is 2. The van der Waals surface area contributed by atoms with Gasteiger partial charge in [0.1, 0.15) is 5.82 Å². The SMILES string of the molecule is CC1(Cn2c(CCl)nc3cc(C(F)(F)F)ccc32)CC1. The normalized spacial score (nSPS) is 17.6. The van der Waals surface area contributed by atoms with Gasteiger partial charge in [0.15, 0.2) is 0 Å². The van der Waals surface area contributed by atoms with Crippen molar-refractivity contribution < 1.29 is 13.2 Å². The zero-order chi connectivity index (χ0) is 14.5. The van der Waals surface area contributed by atoms with Crippen LogP contribution in [-0.4, -0.2) is 9.55 Å². The van der Waals surface area contributed by atoms with Crippen LogP contribution in [0.25, 0.3) is 11.0 Å². The van der Waals surface area contributed by atoms with Crippen molar-refractivity contribution in [1.82, 2.24) is 9.55 Å². The third kappa shape index (κ3) is 2.39. The van der Waals surface area contributed by atoms with E-state index in [0.29, 0.717) is 11.3 Å². The molecule has 0 bridgehead atoms. The summed E-state index contributed by atoms with van der Waals surface area (Å²) in [5, 5.41) is 0. The molecule has 20 heavy (non-hydrogen) atoms. The van der Waals surface area contributed by atoms with Gasteiger partial charge in [-0.3, -0.25) is 0 Å². The predicted molar refractivity (Wildman–Crippen MR) is 71.6 cm³/mol. The minimum atomic E-state index is -4.35. The summed E-state index contributed by atoms with van der Waals surface area (Å²) in [4.78, 5) is 4.25. The molecular weight excluding hydrogens is 289 g/mol. The number of fused-ring (bicyclic) bond motifs is 1. The first-order valence-electron chi connectivity index (χ1n) is 6.45. The summed E-state index contributed by atoms with van der Waals surface area (Å²) in [6.45, 7) is 2.93. The van der Waals surface area contributed by atoms with E-state index in [2.05, 4.69) is 11.9 Å². The molecule has 2 nitrogen and oxygen atoms in total. The molecule has 2 aromatic rings. The van der Waals surface area contributed by atoms with Gasteiger partial charge < -0.3 is 4.57 Å². The predicted octanol–water partition coefficient (Wildman–Crippen LogP) is 4.59. The Bertz CT molecular complexity index is 656. The number of alkyl halides is 4. The van der Waals surface area contributed by atoms with Crippen molar-refractivity contribution in [3.63, 3.8) is 0 Å². The van der Waals surface area contributed by atoms with E-state index in [0.717, 1.165) is 37.0 Å².